The molecule has 1 aliphatic rings. The molecule has 0 aromatic carbocycles. The third kappa shape index (κ3) is 2.84. The van der Waals surface area contributed by atoms with Gasteiger partial charge in [-0.15, -0.1) is 0 Å². The summed E-state index contributed by atoms with van der Waals surface area (Å²) in [5.41, 5.74) is 1.80. The van der Waals surface area contributed by atoms with E-state index in [-0.39, 0.29) is 11.2 Å². The van der Waals surface area contributed by atoms with Gasteiger partial charge in [0.15, 0.2) is 0 Å². The zero-order valence-corrected chi connectivity index (χ0v) is 13.3. The topological polar surface area (TPSA) is 84.9 Å². The minimum absolute atomic E-state index is 0.0939. The standard InChI is InChI=1S/C17H18N2O4/c1-10-14-12(19-21)7-17(2,3)8-13(14)23-15(10)16(20)22-11-5-4-6-18-9-11/h4-6,9,21H,7-8H2,1-3H3/b19-12+. The number of hydrogen-bond donors (Lipinski definition) is 1. The molecule has 2 aromatic heterocycles. The van der Waals surface area contributed by atoms with Crippen molar-refractivity contribution in [3.8, 4) is 5.75 Å². The molecular weight excluding hydrogens is 296 g/mol. The Morgan fingerprint density at radius 3 is 2.87 bits per heavy atom. The predicted octanol–water partition coefficient (Wildman–Crippen LogP) is 3.35. The molecule has 120 valence electrons. The Labute approximate surface area is 133 Å². The van der Waals surface area contributed by atoms with Crippen molar-refractivity contribution >= 4 is 11.7 Å². The van der Waals surface area contributed by atoms with Crippen LogP contribution in [-0.4, -0.2) is 21.9 Å². The zero-order chi connectivity index (χ0) is 16.6. The van der Waals surface area contributed by atoms with E-state index in [1.807, 2.05) is 0 Å². The normalized spacial score (nSPS) is 17.8. The molecule has 0 saturated carbocycles. The van der Waals surface area contributed by atoms with Crippen molar-refractivity contribution in [2.45, 2.75) is 33.6 Å². The summed E-state index contributed by atoms with van der Waals surface area (Å²) < 4.78 is 11.0. The van der Waals surface area contributed by atoms with Crippen LogP contribution in [0.15, 0.2) is 34.1 Å². The Hall–Kier alpha value is -2.63. The van der Waals surface area contributed by atoms with E-state index in [1.165, 1.54) is 6.20 Å². The molecule has 0 aliphatic heterocycles. The lowest BCUT2D eigenvalue weighted by atomic mass is 9.75. The fourth-order valence-corrected chi connectivity index (χ4v) is 2.96. The van der Waals surface area contributed by atoms with Gasteiger partial charge >= 0.3 is 5.97 Å². The third-order valence-electron chi connectivity index (χ3n) is 3.94. The lowest BCUT2D eigenvalue weighted by molar-refractivity contribution is 0.0696. The Kier molecular flexibility index (Phi) is 3.67. The first-order valence-corrected chi connectivity index (χ1v) is 7.37. The fourth-order valence-electron chi connectivity index (χ4n) is 2.96. The monoisotopic (exact) mass is 314 g/mol. The van der Waals surface area contributed by atoms with E-state index < -0.39 is 5.97 Å². The molecule has 6 heteroatoms. The van der Waals surface area contributed by atoms with E-state index >= 15 is 0 Å². The molecule has 2 aromatic rings. The Bertz CT molecular complexity index is 775. The number of hydrogen-bond acceptors (Lipinski definition) is 6. The molecule has 3 rings (SSSR count). The minimum Gasteiger partial charge on any atom is -0.453 e. The van der Waals surface area contributed by atoms with Crippen LogP contribution in [-0.2, 0) is 6.42 Å². The van der Waals surface area contributed by atoms with Crippen LogP contribution < -0.4 is 4.74 Å². The van der Waals surface area contributed by atoms with Gasteiger partial charge in [-0.05, 0) is 30.9 Å². The lowest BCUT2D eigenvalue weighted by Gasteiger charge is -2.28. The van der Waals surface area contributed by atoms with Crippen LogP contribution in [0.3, 0.4) is 0 Å². The summed E-state index contributed by atoms with van der Waals surface area (Å²) >= 11 is 0. The number of rotatable bonds is 2. The number of aromatic nitrogens is 1. The summed E-state index contributed by atoms with van der Waals surface area (Å²) in [7, 11) is 0. The summed E-state index contributed by atoms with van der Waals surface area (Å²) in [5, 5.41) is 12.7. The van der Waals surface area contributed by atoms with Crippen molar-refractivity contribution in [1.29, 1.82) is 0 Å². The third-order valence-corrected chi connectivity index (χ3v) is 3.94. The molecule has 0 bridgehead atoms. The van der Waals surface area contributed by atoms with Crippen molar-refractivity contribution in [1.82, 2.24) is 4.98 Å². The second-order valence-corrected chi connectivity index (χ2v) is 6.50. The highest BCUT2D eigenvalue weighted by Gasteiger charge is 2.36. The molecule has 0 saturated heterocycles. The lowest BCUT2D eigenvalue weighted by Crippen LogP contribution is -2.27. The van der Waals surface area contributed by atoms with Gasteiger partial charge in [-0.1, -0.05) is 19.0 Å². The number of esters is 1. The number of furan rings is 1. The van der Waals surface area contributed by atoms with E-state index in [1.54, 1.807) is 25.3 Å². The second kappa shape index (κ2) is 5.53. The van der Waals surface area contributed by atoms with Crippen LogP contribution >= 0.6 is 0 Å². The van der Waals surface area contributed by atoms with Gasteiger partial charge in [-0.3, -0.25) is 4.98 Å². The van der Waals surface area contributed by atoms with Gasteiger partial charge in [0.2, 0.25) is 5.76 Å². The molecule has 2 heterocycles. The maximum Gasteiger partial charge on any atom is 0.379 e. The van der Waals surface area contributed by atoms with Crippen molar-refractivity contribution < 1.29 is 19.2 Å². The number of nitrogens with zero attached hydrogens (tertiary/aromatic N) is 2. The quantitative estimate of drug-likeness (QED) is 0.522. The summed E-state index contributed by atoms with van der Waals surface area (Å²) in [5.74, 6) is 0.560. The van der Waals surface area contributed by atoms with E-state index in [0.29, 0.717) is 41.2 Å². The second-order valence-electron chi connectivity index (χ2n) is 6.50. The maximum absolute atomic E-state index is 12.4. The number of fused-ring (bicyclic) bond motifs is 1. The number of ether oxygens (including phenoxy) is 1. The minimum atomic E-state index is -0.583. The SMILES string of the molecule is Cc1c(C(=O)Oc2cccnc2)oc2c1/C(=N/O)CC(C)(C)C2. The predicted molar refractivity (Wildman–Crippen MR) is 83.1 cm³/mol. The molecule has 0 fully saturated rings. The molecule has 0 amide bonds. The first-order valence-electron chi connectivity index (χ1n) is 7.37. The summed E-state index contributed by atoms with van der Waals surface area (Å²) in [4.78, 5) is 16.3. The van der Waals surface area contributed by atoms with Crippen LogP contribution in [0.5, 0.6) is 5.75 Å². The number of carbonyl (C=O) groups is 1. The van der Waals surface area contributed by atoms with Crippen LogP contribution in [0.4, 0.5) is 0 Å². The molecular formula is C17H18N2O4. The molecule has 6 nitrogen and oxygen atoms in total. The van der Waals surface area contributed by atoms with Crippen LogP contribution in [0.1, 0.15) is 47.7 Å². The molecule has 0 radical (unpaired) electrons. The first kappa shape index (κ1) is 15.3. The van der Waals surface area contributed by atoms with Gasteiger partial charge in [0.05, 0.1) is 11.9 Å². The van der Waals surface area contributed by atoms with Crippen LogP contribution in [0, 0.1) is 12.3 Å². The fraction of sp³-hybridized carbons (Fsp3) is 0.353. The average molecular weight is 314 g/mol. The van der Waals surface area contributed by atoms with Crippen molar-refractivity contribution in [2.24, 2.45) is 10.6 Å². The molecule has 0 atom stereocenters. The van der Waals surface area contributed by atoms with Crippen LogP contribution in [0.2, 0.25) is 0 Å². The smallest absolute Gasteiger partial charge is 0.379 e. The van der Waals surface area contributed by atoms with E-state index in [9.17, 15) is 10.0 Å². The number of carbonyl (C=O) groups excluding carboxylic acids is 1. The Morgan fingerprint density at radius 1 is 1.43 bits per heavy atom. The highest BCUT2D eigenvalue weighted by atomic mass is 16.5. The van der Waals surface area contributed by atoms with Gasteiger partial charge < -0.3 is 14.4 Å². The summed E-state index contributed by atoms with van der Waals surface area (Å²) in [6.07, 6.45) is 4.34. The maximum atomic E-state index is 12.4. The first-order chi connectivity index (χ1) is 10.9. The van der Waals surface area contributed by atoms with Gasteiger partial charge in [0.25, 0.3) is 0 Å². The van der Waals surface area contributed by atoms with Gasteiger partial charge in [0, 0.05) is 23.7 Å². The zero-order valence-electron chi connectivity index (χ0n) is 13.3. The number of pyridine rings is 1. The highest BCUT2D eigenvalue weighted by molar-refractivity contribution is 6.06. The van der Waals surface area contributed by atoms with Gasteiger partial charge in [0.1, 0.15) is 11.5 Å². The van der Waals surface area contributed by atoms with Gasteiger partial charge in [-0.25, -0.2) is 4.79 Å². The van der Waals surface area contributed by atoms with Crippen LogP contribution in [0.25, 0.3) is 0 Å². The largest absolute Gasteiger partial charge is 0.453 e. The summed E-state index contributed by atoms with van der Waals surface area (Å²) in [6, 6.07) is 3.33. The molecule has 0 unspecified atom stereocenters. The van der Waals surface area contributed by atoms with Crippen molar-refractivity contribution in [3.05, 3.63) is 47.2 Å². The van der Waals surface area contributed by atoms with E-state index in [0.717, 1.165) is 0 Å². The van der Waals surface area contributed by atoms with E-state index in [4.69, 9.17) is 9.15 Å². The van der Waals surface area contributed by atoms with Crippen molar-refractivity contribution in [2.75, 3.05) is 0 Å². The Morgan fingerprint density at radius 2 is 2.22 bits per heavy atom. The summed E-state index contributed by atoms with van der Waals surface area (Å²) in [6.45, 7) is 5.89. The molecule has 1 N–H and O–H groups in total. The van der Waals surface area contributed by atoms with Gasteiger partial charge in [-0.2, -0.15) is 0 Å². The van der Waals surface area contributed by atoms with Crippen molar-refractivity contribution in [3.63, 3.8) is 0 Å². The molecule has 0 spiro atoms. The molecule has 23 heavy (non-hydrogen) atoms. The average Bonchev–Trinajstić information content (AvgIpc) is 2.83. The Balaban J connectivity index is 1.97. The molecule has 1 aliphatic carbocycles. The highest BCUT2D eigenvalue weighted by Crippen LogP contribution is 2.39. The van der Waals surface area contributed by atoms with E-state index in [2.05, 4.69) is 24.0 Å². The number of oxime groups is 1.